The van der Waals surface area contributed by atoms with Crippen LogP contribution in [0.4, 0.5) is 0 Å². The SMILES string of the molecule is COC(=O)c1ccccc1C(=O)N1CCC(C(=O)OC)CC1. The Hall–Kier alpha value is -2.37. The number of carbonyl (C=O) groups is 3. The molecule has 1 saturated heterocycles. The predicted molar refractivity (Wildman–Crippen MR) is 78.4 cm³/mol. The Morgan fingerprint density at radius 1 is 1.00 bits per heavy atom. The maximum absolute atomic E-state index is 12.6. The van der Waals surface area contributed by atoms with Crippen LogP contribution in [-0.2, 0) is 14.3 Å². The third-order valence-electron chi connectivity index (χ3n) is 3.88. The first-order chi connectivity index (χ1) is 10.6. The molecular formula is C16H19NO5. The molecule has 1 aromatic carbocycles. The molecule has 0 unspecified atom stereocenters. The highest BCUT2D eigenvalue weighted by Gasteiger charge is 2.29. The molecule has 0 saturated carbocycles. The molecule has 1 aromatic rings. The van der Waals surface area contributed by atoms with Crippen LogP contribution >= 0.6 is 0 Å². The number of ether oxygens (including phenoxy) is 2. The van der Waals surface area contributed by atoms with E-state index in [4.69, 9.17) is 9.47 Å². The molecule has 6 nitrogen and oxygen atoms in total. The van der Waals surface area contributed by atoms with Crippen LogP contribution in [0.15, 0.2) is 24.3 Å². The maximum atomic E-state index is 12.6. The third-order valence-corrected chi connectivity index (χ3v) is 3.88. The minimum Gasteiger partial charge on any atom is -0.469 e. The Morgan fingerprint density at radius 2 is 1.59 bits per heavy atom. The van der Waals surface area contributed by atoms with Crippen LogP contribution in [-0.4, -0.2) is 50.1 Å². The summed E-state index contributed by atoms with van der Waals surface area (Å²) in [6, 6.07) is 6.58. The van der Waals surface area contributed by atoms with Crippen LogP contribution in [0.1, 0.15) is 33.6 Å². The molecule has 1 amide bonds. The lowest BCUT2D eigenvalue weighted by Crippen LogP contribution is -2.41. The number of amides is 1. The van der Waals surface area contributed by atoms with Gasteiger partial charge in [0, 0.05) is 13.1 Å². The van der Waals surface area contributed by atoms with Gasteiger partial charge in [-0.1, -0.05) is 12.1 Å². The Bertz CT molecular complexity index is 576. The maximum Gasteiger partial charge on any atom is 0.338 e. The zero-order valence-corrected chi connectivity index (χ0v) is 12.7. The molecule has 1 heterocycles. The number of esters is 2. The van der Waals surface area contributed by atoms with Gasteiger partial charge in [-0.2, -0.15) is 0 Å². The van der Waals surface area contributed by atoms with E-state index in [9.17, 15) is 14.4 Å². The summed E-state index contributed by atoms with van der Waals surface area (Å²) >= 11 is 0. The van der Waals surface area contributed by atoms with Gasteiger partial charge in [-0.25, -0.2) is 4.79 Å². The minimum absolute atomic E-state index is 0.162. The highest BCUT2D eigenvalue weighted by atomic mass is 16.5. The Labute approximate surface area is 129 Å². The molecule has 0 atom stereocenters. The molecule has 2 rings (SSSR count). The molecule has 0 aliphatic carbocycles. The van der Waals surface area contributed by atoms with Crippen LogP contribution in [0, 0.1) is 5.92 Å². The lowest BCUT2D eigenvalue weighted by molar-refractivity contribution is -0.146. The summed E-state index contributed by atoms with van der Waals surface area (Å²) < 4.78 is 9.44. The smallest absolute Gasteiger partial charge is 0.338 e. The topological polar surface area (TPSA) is 72.9 Å². The summed E-state index contributed by atoms with van der Waals surface area (Å²) in [5.41, 5.74) is 0.580. The van der Waals surface area contributed by atoms with Gasteiger partial charge >= 0.3 is 11.9 Å². The fourth-order valence-electron chi connectivity index (χ4n) is 2.61. The first-order valence-corrected chi connectivity index (χ1v) is 7.13. The monoisotopic (exact) mass is 305 g/mol. The van der Waals surface area contributed by atoms with Crippen molar-refractivity contribution in [3.05, 3.63) is 35.4 Å². The molecular weight excluding hydrogens is 286 g/mol. The summed E-state index contributed by atoms with van der Waals surface area (Å²) in [4.78, 5) is 37.5. The lowest BCUT2D eigenvalue weighted by atomic mass is 9.96. The molecule has 1 aliphatic rings. The molecule has 0 bridgehead atoms. The zero-order valence-electron chi connectivity index (χ0n) is 12.7. The minimum atomic E-state index is -0.534. The second-order valence-electron chi connectivity index (χ2n) is 5.13. The van der Waals surface area contributed by atoms with E-state index in [-0.39, 0.29) is 23.4 Å². The summed E-state index contributed by atoms with van der Waals surface area (Å²) in [7, 11) is 2.65. The molecule has 22 heavy (non-hydrogen) atoms. The van der Waals surface area contributed by atoms with Crippen molar-refractivity contribution in [2.75, 3.05) is 27.3 Å². The molecule has 6 heteroatoms. The van der Waals surface area contributed by atoms with Crippen molar-refractivity contribution >= 4 is 17.8 Å². The number of nitrogens with zero attached hydrogens (tertiary/aromatic N) is 1. The largest absolute Gasteiger partial charge is 0.469 e. The van der Waals surface area contributed by atoms with Crippen molar-refractivity contribution in [1.29, 1.82) is 0 Å². The summed E-state index contributed by atoms with van der Waals surface area (Å²) in [5, 5.41) is 0. The van der Waals surface area contributed by atoms with Crippen molar-refractivity contribution in [1.82, 2.24) is 4.90 Å². The van der Waals surface area contributed by atoms with Gasteiger partial charge in [0.15, 0.2) is 0 Å². The van der Waals surface area contributed by atoms with Gasteiger partial charge in [-0.05, 0) is 25.0 Å². The molecule has 0 aromatic heterocycles. The fraction of sp³-hybridized carbons (Fsp3) is 0.438. The average molecular weight is 305 g/mol. The summed E-state index contributed by atoms with van der Waals surface area (Å²) in [5.74, 6) is -1.15. The van der Waals surface area contributed by atoms with Gasteiger partial charge < -0.3 is 14.4 Å². The van der Waals surface area contributed by atoms with Gasteiger partial charge in [0.05, 0.1) is 31.3 Å². The zero-order chi connectivity index (χ0) is 16.1. The fourth-order valence-corrected chi connectivity index (χ4v) is 2.61. The molecule has 1 fully saturated rings. The molecule has 0 radical (unpaired) electrons. The van der Waals surface area contributed by atoms with E-state index < -0.39 is 5.97 Å². The normalized spacial score (nSPS) is 15.3. The lowest BCUT2D eigenvalue weighted by Gasteiger charge is -2.31. The molecule has 0 spiro atoms. The molecule has 0 N–H and O–H groups in total. The van der Waals surface area contributed by atoms with Gasteiger partial charge in [-0.15, -0.1) is 0 Å². The number of carbonyl (C=O) groups excluding carboxylic acids is 3. The predicted octanol–water partition coefficient (Wildman–Crippen LogP) is 1.50. The Balaban J connectivity index is 2.11. The number of methoxy groups -OCH3 is 2. The van der Waals surface area contributed by atoms with Crippen LogP contribution in [0.3, 0.4) is 0 Å². The van der Waals surface area contributed by atoms with E-state index in [0.717, 1.165) is 0 Å². The molecule has 1 aliphatic heterocycles. The summed E-state index contributed by atoms with van der Waals surface area (Å²) in [6.45, 7) is 0.933. The third kappa shape index (κ3) is 3.27. The number of benzene rings is 1. The van der Waals surface area contributed by atoms with Crippen molar-refractivity contribution in [3.8, 4) is 0 Å². The number of hydrogen-bond acceptors (Lipinski definition) is 5. The Morgan fingerprint density at radius 3 is 2.14 bits per heavy atom. The van der Waals surface area contributed by atoms with Crippen molar-refractivity contribution in [2.45, 2.75) is 12.8 Å². The van der Waals surface area contributed by atoms with Gasteiger partial charge in [0.25, 0.3) is 5.91 Å². The van der Waals surface area contributed by atoms with E-state index in [1.54, 1.807) is 29.2 Å². The van der Waals surface area contributed by atoms with Crippen LogP contribution in [0.2, 0.25) is 0 Å². The number of likely N-dealkylation sites (tertiary alicyclic amines) is 1. The van der Waals surface area contributed by atoms with Gasteiger partial charge in [-0.3, -0.25) is 9.59 Å². The quantitative estimate of drug-likeness (QED) is 0.791. The second-order valence-corrected chi connectivity index (χ2v) is 5.13. The first-order valence-electron chi connectivity index (χ1n) is 7.13. The van der Waals surface area contributed by atoms with Crippen LogP contribution < -0.4 is 0 Å². The van der Waals surface area contributed by atoms with E-state index in [1.807, 2.05) is 0 Å². The number of rotatable bonds is 3. The van der Waals surface area contributed by atoms with E-state index in [0.29, 0.717) is 31.5 Å². The average Bonchev–Trinajstić information content (AvgIpc) is 2.59. The van der Waals surface area contributed by atoms with Gasteiger partial charge in [0.2, 0.25) is 0 Å². The number of piperidine rings is 1. The van der Waals surface area contributed by atoms with E-state index >= 15 is 0 Å². The molecule has 118 valence electrons. The second kappa shape index (κ2) is 7.06. The first kappa shape index (κ1) is 16.0. The van der Waals surface area contributed by atoms with Gasteiger partial charge in [0.1, 0.15) is 0 Å². The summed E-state index contributed by atoms with van der Waals surface area (Å²) in [6.07, 6.45) is 1.14. The van der Waals surface area contributed by atoms with Crippen molar-refractivity contribution in [3.63, 3.8) is 0 Å². The number of hydrogen-bond donors (Lipinski definition) is 0. The van der Waals surface area contributed by atoms with Crippen molar-refractivity contribution in [2.24, 2.45) is 5.92 Å². The van der Waals surface area contributed by atoms with E-state index in [2.05, 4.69) is 0 Å². The Kier molecular flexibility index (Phi) is 5.14. The highest BCUT2D eigenvalue weighted by Crippen LogP contribution is 2.21. The van der Waals surface area contributed by atoms with Crippen LogP contribution in [0.5, 0.6) is 0 Å². The van der Waals surface area contributed by atoms with Crippen molar-refractivity contribution < 1.29 is 23.9 Å². The van der Waals surface area contributed by atoms with Crippen LogP contribution in [0.25, 0.3) is 0 Å². The highest BCUT2D eigenvalue weighted by molar-refractivity contribution is 6.05. The standard InChI is InChI=1S/C16H19NO5/c1-21-15(19)11-7-9-17(10-8-11)14(18)12-5-3-4-6-13(12)16(20)22-2/h3-6,11H,7-10H2,1-2H3. The van der Waals surface area contributed by atoms with E-state index in [1.165, 1.54) is 14.2 Å².